The summed E-state index contributed by atoms with van der Waals surface area (Å²) < 4.78 is 80.2. The van der Waals surface area contributed by atoms with Crippen LogP contribution in [-0.2, 0) is 19.7 Å². The maximum absolute atomic E-state index is 14.9. The van der Waals surface area contributed by atoms with Crippen LogP contribution in [0.1, 0.15) is 48.3 Å². The van der Waals surface area contributed by atoms with Crippen molar-refractivity contribution >= 4 is 16.1 Å². The molecule has 14 heteroatoms. The lowest BCUT2D eigenvalue weighted by molar-refractivity contribution is 0.0147. The predicted molar refractivity (Wildman–Crippen MR) is 147 cm³/mol. The molecule has 1 aromatic carbocycles. The molecular formula is C27H38F2N4O7S. The van der Waals surface area contributed by atoms with Crippen LogP contribution in [-0.4, -0.2) is 95.3 Å². The summed E-state index contributed by atoms with van der Waals surface area (Å²) in [4.78, 5) is 18.9. The molecule has 41 heavy (non-hydrogen) atoms. The van der Waals surface area contributed by atoms with Gasteiger partial charge in [0.05, 0.1) is 36.8 Å². The van der Waals surface area contributed by atoms with Crippen molar-refractivity contribution < 1.29 is 40.9 Å². The Bertz CT molecular complexity index is 1240. The third kappa shape index (κ3) is 9.30. The minimum absolute atomic E-state index is 0.0921. The number of aromatic nitrogens is 1. The van der Waals surface area contributed by atoms with Crippen LogP contribution >= 0.6 is 0 Å². The molecule has 0 saturated carbocycles. The summed E-state index contributed by atoms with van der Waals surface area (Å²) in [6.45, 7) is 4.08. The van der Waals surface area contributed by atoms with Gasteiger partial charge in [0.25, 0.3) is 5.91 Å². The summed E-state index contributed by atoms with van der Waals surface area (Å²) in [5, 5.41) is 0. The molecule has 1 saturated heterocycles. The fourth-order valence-corrected chi connectivity index (χ4v) is 5.26. The molecular weight excluding hydrogens is 562 g/mol. The van der Waals surface area contributed by atoms with Crippen LogP contribution < -0.4 is 14.2 Å². The van der Waals surface area contributed by atoms with Gasteiger partial charge in [0, 0.05) is 26.7 Å². The Hall–Kier alpha value is -2.91. The second-order valence-electron chi connectivity index (χ2n) is 9.72. The fourth-order valence-electron chi connectivity index (χ4n) is 4.09. The van der Waals surface area contributed by atoms with E-state index in [4.69, 9.17) is 18.9 Å². The number of nitrogens with zero attached hydrogens (tertiary/aromatic N) is 3. The normalized spacial score (nSPS) is 15.6. The Morgan fingerprint density at radius 2 is 1.85 bits per heavy atom. The number of likely N-dealkylation sites (N-methyl/N-ethyl adjacent to an activating group) is 1. The topological polar surface area (TPSA) is 120 Å². The van der Waals surface area contributed by atoms with Crippen LogP contribution in [0, 0.1) is 11.6 Å². The van der Waals surface area contributed by atoms with E-state index >= 15 is 0 Å². The monoisotopic (exact) mass is 600 g/mol. The predicted octanol–water partition coefficient (Wildman–Crippen LogP) is 2.93. The molecule has 2 aromatic rings. The number of rotatable bonds is 15. The number of benzene rings is 1. The molecule has 2 heterocycles. The molecule has 0 bridgehead atoms. The number of carbonyl (C=O) groups is 1. The van der Waals surface area contributed by atoms with E-state index in [0.717, 1.165) is 23.0 Å². The lowest BCUT2D eigenvalue weighted by Gasteiger charge is -2.31. The number of pyridine rings is 1. The number of methoxy groups -OCH3 is 1. The lowest BCUT2D eigenvalue weighted by atomic mass is 10.1. The number of ether oxygens (including phenoxy) is 4. The van der Waals surface area contributed by atoms with Gasteiger partial charge in [-0.2, -0.15) is 17.1 Å². The summed E-state index contributed by atoms with van der Waals surface area (Å²) in [7, 11) is 1.14. The zero-order chi connectivity index (χ0) is 30.0. The number of hydrogen-bond acceptors (Lipinski definition) is 9. The van der Waals surface area contributed by atoms with Gasteiger partial charge in [-0.3, -0.25) is 9.78 Å². The average Bonchev–Trinajstić information content (AvgIpc) is 2.94. The van der Waals surface area contributed by atoms with Crippen molar-refractivity contribution in [1.82, 2.24) is 18.9 Å². The molecule has 1 aliphatic rings. The maximum Gasteiger partial charge on any atom is 0.304 e. The van der Waals surface area contributed by atoms with Crippen LogP contribution in [0.2, 0.25) is 0 Å². The Balaban J connectivity index is 1.61. The minimum Gasteiger partial charge on any atom is -0.490 e. The summed E-state index contributed by atoms with van der Waals surface area (Å²) >= 11 is 0. The highest BCUT2D eigenvalue weighted by Gasteiger charge is 2.31. The second kappa shape index (κ2) is 15.4. The SMILES string of the molecule is CCC(Oc1ccc(C(=O)NS(=O)(=O)N2CCC(OCCN(C)C)CC2)c(F)c1F)c1ccc(OCCOC)cn1. The average molecular weight is 601 g/mol. The van der Waals surface area contributed by atoms with Gasteiger partial charge in [-0.1, -0.05) is 6.92 Å². The summed E-state index contributed by atoms with van der Waals surface area (Å²) in [6.07, 6.45) is 1.97. The number of halogens is 2. The molecule has 1 fully saturated rings. The van der Waals surface area contributed by atoms with Gasteiger partial charge in [0.2, 0.25) is 5.82 Å². The molecule has 1 aromatic heterocycles. The van der Waals surface area contributed by atoms with E-state index in [2.05, 4.69) is 4.98 Å². The van der Waals surface area contributed by atoms with Crippen molar-refractivity contribution in [3.8, 4) is 11.5 Å². The Kier molecular flexibility index (Phi) is 12.2. The molecule has 0 spiro atoms. The van der Waals surface area contributed by atoms with Crippen molar-refractivity contribution in [2.75, 3.05) is 60.7 Å². The first-order valence-corrected chi connectivity index (χ1v) is 14.8. The molecule has 228 valence electrons. The van der Waals surface area contributed by atoms with Crippen LogP contribution in [0.4, 0.5) is 8.78 Å². The molecule has 0 aliphatic carbocycles. The van der Waals surface area contributed by atoms with Crippen LogP contribution in [0.25, 0.3) is 0 Å². The first kappa shape index (κ1) is 32.6. The van der Waals surface area contributed by atoms with E-state index in [-0.39, 0.29) is 19.2 Å². The van der Waals surface area contributed by atoms with Gasteiger partial charge in [-0.05, 0) is 57.6 Å². The highest BCUT2D eigenvalue weighted by atomic mass is 32.2. The molecule has 1 atom stereocenters. The van der Waals surface area contributed by atoms with Crippen molar-refractivity contribution in [3.05, 3.63) is 53.4 Å². The van der Waals surface area contributed by atoms with Crippen LogP contribution in [0.5, 0.6) is 11.5 Å². The van der Waals surface area contributed by atoms with E-state index in [1.807, 2.05) is 23.7 Å². The summed E-state index contributed by atoms with van der Waals surface area (Å²) in [5.41, 5.74) is -0.296. The smallest absolute Gasteiger partial charge is 0.304 e. The van der Waals surface area contributed by atoms with E-state index in [1.54, 1.807) is 26.2 Å². The number of piperidine rings is 1. The molecule has 1 amide bonds. The van der Waals surface area contributed by atoms with Gasteiger partial charge in [-0.15, -0.1) is 0 Å². The standard InChI is InChI=1S/C27H38F2N4O7S/c1-5-23(22-8-6-20(18-30-22)39-17-16-37-4)40-24-9-7-21(25(28)26(24)29)27(34)31-41(35,36)33-12-10-19(11-13-33)38-15-14-32(2)3/h6-9,18-19,23H,5,10-17H2,1-4H3,(H,31,34). The first-order valence-electron chi connectivity index (χ1n) is 13.4. The number of hydrogen-bond donors (Lipinski definition) is 1. The molecule has 1 unspecified atom stereocenters. The number of nitrogens with one attached hydrogen (secondary N) is 1. The van der Waals surface area contributed by atoms with Gasteiger partial charge in [-0.25, -0.2) is 9.11 Å². The maximum atomic E-state index is 14.9. The third-order valence-corrected chi connectivity index (χ3v) is 7.92. The zero-order valence-corrected chi connectivity index (χ0v) is 24.6. The van der Waals surface area contributed by atoms with Crippen molar-refractivity contribution in [2.45, 2.75) is 38.4 Å². The lowest BCUT2D eigenvalue weighted by Crippen LogP contribution is -2.48. The molecule has 1 aliphatic heterocycles. The fraction of sp³-hybridized carbons (Fsp3) is 0.556. The largest absolute Gasteiger partial charge is 0.490 e. The zero-order valence-electron chi connectivity index (χ0n) is 23.8. The highest BCUT2D eigenvalue weighted by molar-refractivity contribution is 7.87. The van der Waals surface area contributed by atoms with Crippen LogP contribution in [0.3, 0.4) is 0 Å². The molecule has 3 rings (SSSR count). The van der Waals surface area contributed by atoms with E-state index < -0.39 is 45.2 Å². The Morgan fingerprint density at radius 1 is 1.12 bits per heavy atom. The Morgan fingerprint density at radius 3 is 2.46 bits per heavy atom. The van der Waals surface area contributed by atoms with Gasteiger partial charge in [0.15, 0.2) is 11.6 Å². The van der Waals surface area contributed by atoms with Gasteiger partial charge >= 0.3 is 10.2 Å². The van der Waals surface area contributed by atoms with Crippen molar-refractivity contribution in [1.29, 1.82) is 0 Å². The van der Waals surface area contributed by atoms with E-state index in [1.165, 1.54) is 6.20 Å². The summed E-state index contributed by atoms with van der Waals surface area (Å²) in [6, 6.07) is 5.39. The number of amides is 1. The van der Waals surface area contributed by atoms with Crippen molar-refractivity contribution in [2.24, 2.45) is 0 Å². The van der Waals surface area contributed by atoms with E-state index in [9.17, 15) is 22.0 Å². The van der Waals surface area contributed by atoms with Gasteiger partial charge < -0.3 is 23.8 Å². The minimum atomic E-state index is -4.27. The first-order chi connectivity index (χ1) is 19.6. The Labute approximate surface area is 239 Å². The van der Waals surface area contributed by atoms with Crippen molar-refractivity contribution in [3.63, 3.8) is 0 Å². The third-order valence-electron chi connectivity index (χ3n) is 6.43. The molecule has 0 radical (unpaired) electrons. The summed E-state index contributed by atoms with van der Waals surface area (Å²) in [5.74, 6) is -4.14. The molecule has 1 N–H and O–H groups in total. The second-order valence-corrected chi connectivity index (χ2v) is 11.4. The number of carbonyl (C=O) groups excluding carboxylic acids is 1. The molecule has 11 nitrogen and oxygen atoms in total. The van der Waals surface area contributed by atoms with E-state index in [0.29, 0.717) is 50.5 Å². The van der Waals surface area contributed by atoms with Gasteiger partial charge in [0.1, 0.15) is 18.5 Å². The van der Waals surface area contributed by atoms with Crippen LogP contribution in [0.15, 0.2) is 30.5 Å². The highest BCUT2D eigenvalue weighted by Crippen LogP contribution is 2.29. The quantitative estimate of drug-likeness (QED) is 0.308.